The first-order valence-electron chi connectivity index (χ1n) is 6.77. The maximum absolute atomic E-state index is 8.85. The minimum atomic E-state index is -0.0748. The van der Waals surface area contributed by atoms with Gasteiger partial charge in [-0.2, -0.15) is 5.26 Å². The topological polar surface area (TPSA) is 42.2 Å². The SMILES string of the molecule is CCC(COc1ccccc1)Oc1ccc(C#N)c(Cl)c1. The highest BCUT2D eigenvalue weighted by molar-refractivity contribution is 6.31. The Labute approximate surface area is 129 Å². The number of hydrogen-bond donors (Lipinski definition) is 0. The maximum atomic E-state index is 8.85. The lowest BCUT2D eigenvalue weighted by Gasteiger charge is -2.18. The predicted octanol–water partition coefficient (Wildman–Crippen LogP) is 4.45. The number of halogens is 1. The zero-order valence-electron chi connectivity index (χ0n) is 11.8. The number of ether oxygens (including phenoxy) is 2. The van der Waals surface area contributed by atoms with Crippen LogP contribution in [0, 0.1) is 11.3 Å². The van der Waals surface area contributed by atoms with E-state index >= 15 is 0 Å². The Bertz CT molecular complexity index is 622. The Morgan fingerprint density at radius 1 is 1.14 bits per heavy atom. The minimum Gasteiger partial charge on any atom is -0.490 e. The van der Waals surface area contributed by atoms with Crippen molar-refractivity contribution in [2.45, 2.75) is 19.4 Å². The van der Waals surface area contributed by atoms with Gasteiger partial charge in [0.1, 0.15) is 30.3 Å². The molecule has 1 unspecified atom stereocenters. The molecule has 2 aromatic rings. The number of rotatable bonds is 6. The Kier molecular flexibility index (Phi) is 5.48. The molecule has 3 nitrogen and oxygen atoms in total. The summed E-state index contributed by atoms with van der Waals surface area (Å²) in [4.78, 5) is 0. The molecular weight excluding hydrogens is 286 g/mol. The summed E-state index contributed by atoms with van der Waals surface area (Å²) in [7, 11) is 0. The number of nitriles is 1. The Hall–Kier alpha value is -2.18. The highest BCUT2D eigenvalue weighted by Crippen LogP contribution is 2.23. The van der Waals surface area contributed by atoms with Crippen LogP contribution in [0.25, 0.3) is 0 Å². The lowest BCUT2D eigenvalue weighted by atomic mass is 10.2. The molecule has 0 fully saturated rings. The van der Waals surface area contributed by atoms with E-state index in [2.05, 4.69) is 0 Å². The fourth-order valence-corrected chi connectivity index (χ4v) is 2.01. The highest BCUT2D eigenvalue weighted by Gasteiger charge is 2.11. The van der Waals surface area contributed by atoms with Crippen LogP contribution in [-0.4, -0.2) is 12.7 Å². The molecule has 0 aromatic heterocycles. The Morgan fingerprint density at radius 2 is 1.90 bits per heavy atom. The summed E-state index contributed by atoms with van der Waals surface area (Å²) in [6.07, 6.45) is 0.735. The lowest BCUT2D eigenvalue weighted by molar-refractivity contribution is 0.125. The van der Waals surface area contributed by atoms with Crippen molar-refractivity contribution < 1.29 is 9.47 Å². The molecule has 2 aromatic carbocycles. The third-order valence-electron chi connectivity index (χ3n) is 3.00. The number of benzene rings is 2. The summed E-state index contributed by atoms with van der Waals surface area (Å²) >= 11 is 6.00. The predicted molar refractivity (Wildman–Crippen MR) is 82.8 cm³/mol. The molecule has 0 saturated heterocycles. The second-order valence-electron chi connectivity index (χ2n) is 4.53. The van der Waals surface area contributed by atoms with E-state index < -0.39 is 0 Å². The van der Waals surface area contributed by atoms with Crippen LogP contribution in [0.2, 0.25) is 5.02 Å². The molecular formula is C17H16ClNO2. The molecule has 4 heteroatoms. The Balaban J connectivity index is 1.96. The van der Waals surface area contributed by atoms with Crippen molar-refractivity contribution in [3.8, 4) is 17.6 Å². The molecule has 0 amide bonds. The molecule has 0 aliphatic carbocycles. The van der Waals surface area contributed by atoms with Gasteiger partial charge >= 0.3 is 0 Å². The van der Waals surface area contributed by atoms with Gasteiger partial charge in [-0.05, 0) is 30.7 Å². The molecule has 0 radical (unpaired) electrons. The summed E-state index contributed by atoms with van der Waals surface area (Å²) in [6.45, 7) is 2.49. The van der Waals surface area contributed by atoms with Gasteiger partial charge in [0.2, 0.25) is 0 Å². The van der Waals surface area contributed by atoms with Crippen molar-refractivity contribution in [1.82, 2.24) is 0 Å². The van der Waals surface area contributed by atoms with Gasteiger partial charge < -0.3 is 9.47 Å². The monoisotopic (exact) mass is 301 g/mol. The van der Waals surface area contributed by atoms with Crippen molar-refractivity contribution in [3.63, 3.8) is 0 Å². The van der Waals surface area contributed by atoms with Crippen molar-refractivity contribution in [1.29, 1.82) is 5.26 Å². The molecule has 2 rings (SSSR count). The van der Waals surface area contributed by atoms with Crippen LogP contribution in [-0.2, 0) is 0 Å². The summed E-state index contributed by atoms with van der Waals surface area (Å²) in [5.74, 6) is 1.46. The zero-order chi connectivity index (χ0) is 15.1. The van der Waals surface area contributed by atoms with E-state index in [-0.39, 0.29) is 6.10 Å². The van der Waals surface area contributed by atoms with Crippen LogP contribution >= 0.6 is 11.6 Å². The number of nitrogens with zero attached hydrogens (tertiary/aromatic N) is 1. The van der Waals surface area contributed by atoms with Gasteiger partial charge in [0.05, 0.1) is 10.6 Å². The third-order valence-corrected chi connectivity index (χ3v) is 3.31. The van der Waals surface area contributed by atoms with Gasteiger partial charge in [-0.3, -0.25) is 0 Å². The molecule has 0 heterocycles. The molecule has 0 bridgehead atoms. The average Bonchev–Trinajstić information content (AvgIpc) is 2.52. The van der Waals surface area contributed by atoms with E-state index in [4.69, 9.17) is 26.3 Å². The molecule has 0 N–H and O–H groups in total. The fourth-order valence-electron chi connectivity index (χ4n) is 1.79. The van der Waals surface area contributed by atoms with Gasteiger partial charge in [-0.15, -0.1) is 0 Å². The van der Waals surface area contributed by atoms with Crippen molar-refractivity contribution in [2.75, 3.05) is 6.61 Å². The van der Waals surface area contributed by atoms with Gasteiger partial charge in [0, 0.05) is 6.07 Å². The molecule has 0 saturated carbocycles. The van der Waals surface area contributed by atoms with Crippen LogP contribution < -0.4 is 9.47 Å². The smallest absolute Gasteiger partial charge is 0.132 e. The van der Waals surface area contributed by atoms with E-state index in [1.807, 2.05) is 43.3 Å². The third kappa shape index (κ3) is 4.40. The van der Waals surface area contributed by atoms with Crippen molar-refractivity contribution >= 4 is 11.6 Å². The van der Waals surface area contributed by atoms with Crippen molar-refractivity contribution in [3.05, 3.63) is 59.1 Å². The number of hydrogen-bond acceptors (Lipinski definition) is 3. The number of para-hydroxylation sites is 1. The lowest BCUT2D eigenvalue weighted by Crippen LogP contribution is -2.24. The largest absolute Gasteiger partial charge is 0.490 e. The van der Waals surface area contributed by atoms with Crippen molar-refractivity contribution in [2.24, 2.45) is 0 Å². The average molecular weight is 302 g/mol. The first-order chi connectivity index (χ1) is 10.2. The summed E-state index contributed by atoms with van der Waals surface area (Å²) < 4.78 is 11.5. The molecule has 0 aliphatic rings. The first kappa shape index (κ1) is 15.2. The van der Waals surface area contributed by atoms with Gasteiger partial charge in [-0.1, -0.05) is 36.7 Å². The summed E-state index contributed by atoms with van der Waals surface area (Å²) in [6, 6.07) is 16.7. The van der Waals surface area contributed by atoms with Crippen LogP contribution in [0.5, 0.6) is 11.5 Å². The standard InChI is InChI=1S/C17H16ClNO2/c1-2-14(12-20-15-6-4-3-5-7-15)21-16-9-8-13(11-19)17(18)10-16/h3-10,14H,2,12H2,1H3. The van der Waals surface area contributed by atoms with Crippen LogP contribution in [0.3, 0.4) is 0 Å². The van der Waals surface area contributed by atoms with E-state index in [1.165, 1.54) is 0 Å². The molecule has 21 heavy (non-hydrogen) atoms. The molecule has 1 atom stereocenters. The highest BCUT2D eigenvalue weighted by atomic mass is 35.5. The molecule has 0 aliphatic heterocycles. The van der Waals surface area contributed by atoms with Crippen LogP contribution in [0.4, 0.5) is 0 Å². The van der Waals surface area contributed by atoms with E-state index in [9.17, 15) is 0 Å². The maximum Gasteiger partial charge on any atom is 0.132 e. The Morgan fingerprint density at radius 3 is 2.52 bits per heavy atom. The van der Waals surface area contributed by atoms with Crippen LogP contribution in [0.1, 0.15) is 18.9 Å². The summed E-state index contributed by atoms with van der Waals surface area (Å²) in [5.41, 5.74) is 0.442. The first-order valence-corrected chi connectivity index (χ1v) is 7.15. The zero-order valence-corrected chi connectivity index (χ0v) is 12.5. The van der Waals surface area contributed by atoms with E-state index in [0.29, 0.717) is 22.9 Å². The van der Waals surface area contributed by atoms with Crippen LogP contribution in [0.15, 0.2) is 48.5 Å². The van der Waals surface area contributed by atoms with E-state index in [0.717, 1.165) is 12.2 Å². The molecule has 108 valence electrons. The molecule has 0 spiro atoms. The van der Waals surface area contributed by atoms with Gasteiger partial charge in [0.15, 0.2) is 0 Å². The normalized spacial score (nSPS) is 11.5. The quantitative estimate of drug-likeness (QED) is 0.791. The van der Waals surface area contributed by atoms with E-state index in [1.54, 1.807) is 18.2 Å². The second-order valence-corrected chi connectivity index (χ2v) is 4.93. The van der Waals surface area contributed by atoms with Gasteiger partial charge in [0.25, 0.3) is 0 Å². The summed E-state index contributed by atoms with van der Waals surface area (Å²) in [5, 5.41) is 9.25. The second kappa shape index (κ2) is 7.56. The van der Waals surface area contributed by atoms with Gasteiger partial charge in [-0.25, -0.2) is 0 Å². The minimum absolute atomic E-state index is 0.0748. The fraction of sp³-hybridized carbons (Fsp3) is 0.235.